The van der Waals surface area contributed by atoms with Gasteiger partial charge in [0.25, 0.3) is 0 Å². The first-order valence-corrected chi connectivity index (χ1v) is 4.33. The second kappa shape index (κ2) is 4.63. The van der Waals surface area contributed by atoms with Crippen LogP contribution in [0.2, 0.25) is 0 Å². The van der Waals surface area contributed by atoms with E-state index in [2.05, 4.69) is 23.3 Å². The van der Waals surface area contributed by atoms with E-state index in [-0.39, 0.29) is 0 Å². The van der Waals surface area contributed by atoms with Crippen molar-refractivity contribution in [1.29, 1.82) is 5.26 Å². The van der Waals surface area contributed by atoms with Crippen molar-refractivity contribution < 1.29 is 0 Å². The van der Waals surface area contributed by atoms with Crippen molar-refractivity contribution in [2.24, 2.45) is 5.92 Å². The van der Waals surface area contributed by atoms with Gasteiger partial charge in [0, 0.05) is 18.9 Å². The van der Waals surface area contributed by atoms with E-state index in [0.717, 1.165) is 13.1 Å². The van der Waals surface area contributed by atoms with Gasteiger partial charge in [-0.15, -0.1) is 0 Å². The summed E-state index contributed by atoms with van der Waals surface area (Å²) in [7, 11) is 1.93. The lowest BCUT2D eigenvalue weighted by molar-refractivity contribution is 0.460. The molecule has 0 spiro atoms. The minimum Gasteiger partial charge on any atom is -0.322 e. The zero-order valence-electron chi connectivity index (χ0n) is 7.99. The van der Waals surface area contributed by atoms with Gasteiger partial charge in [-0.1, -0.05) is 6.92 Å². The summed E-state index contributed by atoms with van der Waals surface area (Å²) < 4.78 is 1.88. The first-order chi connectivity index (χ1) is 6.27. The molecular formula is C9H14N4. The number of rotatable bonds is 4. The van der Waals surface area contributed by atoms with E-state index in [9.17, 15) is 0 Å². The van der Waals surface area contributed by atoms with Crippen molar-refractivity contribution in [2.75, 3.05) is 13.6 Å². The highest BCUT2D eigenvalue weighted by Crippen LogP contribution is 2.02. The molecule has 0 amide bonds. The number of aromatic nitrogens is 2. The Balaban J connectivity index is 2.59. The molecule has 0 radical (unpaired) electrons. The maximum atomic E-state index is 8.70. The van der Waals surface area contributed by atoms with Crippen LogP contribution in [0.1, 0.15) is 12.7 Å². The molecule has 0 aliphatic heterocycles. The highest BCUT2D eigenvalue weighted by Gasteiger charge is 2.05. The predicted octanol–water partition coefficient (Wildman–Crippen LogP) is 0.610. The fourth-order valence-electron chi connectivity index (χ4n) is 1.32. The Morgan fingerprint density at radius 3 is 3.15 bits per heavy atom. The molecule has 1 rings (SSSR count). The largest absolute Gasteiger partial charge is 0.322 e. The molecule has 0 saturated heterocycles. The van der Waals surface area contributed by atoms with Gasteiger partial charge in [0.1, 0.15) is 6.07 Å². The summed E-state index contributed by atoms with van der Waals surface area (Å²) in [4.78, 5) is 3.93. The summed E-state index contributed by atoms with van der Waals surface area (Å²) in [5.74, 6) is 0.995. The van der Waals surface area contributed by atoms with Crippen LogP contribution in [0.5, 0.6) is 0 Å². The zero-order chi connectivity index (χ0) is 9.68. The highest BCUT2D eigenvalue weighted by atomic mass is 15.1. The Bertz CT molecular complexity index is 297. The topological polar surface area (TPSA) is 53.6 Å². The molecule has 70 valence electrons. The van der Waals surface area contributed by atoms with Gasteiger partial charge in [0.15, 0.2) is 0 Å². The number of nitrogens with zero attached hydrogens (tertiary/aromatic N) is 3. The minimum atomic E-state index is 0.489. The van der Waals surface area contributed by atoms with Gasteiger partial charge in [-0.25, -0.2) is 4.98 Å². The second-order valence-electron chi connectivity index (χ2n) is 3.18. The van der Waals surface area contributed by atoms with Crippen LogP contribution >= 0.6 is 0 Å². The van der Waals surface area contributed by atoms with Gasteiger partial charge in [-0.05, 0) is 19.5 Å². The van der Waals surface area contributed by atoms with Crippen molar-refractivity contribution in [1.82, 2.24) is 14.9 Å². The van der Waals surface area contributed by atoms with Crippen LogP contribution in [0.3, 0.4) is 0 Å². The molecule has 0 fully saturated rings. The van der Waals surface area contributed by atoms with Crippen molar-refractivity contribution in [3.8, 4) is 6.07 Å². The molecule has 0 saturated carbocycles. The van der Waals surface area contributed by atoms with E-state index in [1.165, 1.54) is 0 Å². The van der Waals surface area contributed by atoms with Crippen LogP contribution in [-0.2, 0) is 6.54 Å². The van der Waals surface area contributed by atoms with E-state index in [0.29, 0.717) is 11.7 Å². The van der Waals surface area contributed by atoms with E-state index in [4.69, 9.17) is 5.26 Å². The van der Waals surface area contributed by atoms with Crippen molar-refractivity contribution in [3.63, 3.8) is 0 Å². The van der Waals surface area contributed by atoms with E-state index < -0.39 is 0 Å². The highest BCUT2D eigenvalue weighted by molar-refractivity contribution is 5.11. The van der Waals surface area contributed by atoms with E-state index in [1.54, 1.807) is 6.20 Å². The number of imidazole rings is 1. The SMILES string of the molecule is CNCC(C)Cn1ccnc1C#N. The van der Waals surface area contributed by atoms with Crippen LogP contribution in [0.25, 0.3) is 0 Å². The van der Waals surface area contributed by atoms with Gasteiger partial charge < -0.3 is 9.88 Å². The first-order valence-electron chi connectivity index (χ1n) is 4.33. The van der Waals surface area contributed by atoms with E-state index >= 15 is 0 Å². The molecule has 13 heavy (non-hydrogen) atoms. The smallest absolute Gasteiger partial charge is 0.212 e. The molecule has 1 aromatic heterocycles. The molecule has 1 N–H and O–H groups in total. The molecule has 0 bridgehead atoms. The zero-order valence-corrected chi connectivity index (χ0v) is 7.99. The normalized spacial score (nSPS) is 12.4. The molecule has 0 aliphatic rings. The lowest BCUT2D eigenvalue weighted by Crippen LogP contribution is -2.20. The van der Waals surface area contributed by atoms with Crippen LogP contribution in [-0.4, -0.2) is 23.1 Å². The Kier molecular flexibility index (Phi) is 3.47. The van der Waals surface area contributed by atoms with Crippen LogP contribution in [0, 0.1) is 17.2 Å². The minimum absolute atomic E-state index is 0.489. The Morgan fingerprint density at radius 2 is 2.54 bits per heavy atom. The monoisotopic (exact) mass is 178 g/mol. The molecule has 4 nitrogen and oxygen atoms in total. The van der Waals surface area contributed by atoms with Gasteiger partial charge in [0.2, 0.25) is 5.82 Å². The van der Waals surface area contributed by atoms with Gasteiger partial charge in [-0.2, -0.15) is 5.26 Å². The standard InChI is InChI=1S/C9H14N4/c1-8(6-11-2)7-13-4-3-12-9(13)5-10/h3-4,8,11H,6-7H2,1-2H3. The quantitative estimate of drug-likeness (QED) is 0.735. The molecule has 1 heterocycles. The molecule has 1 atom stereocenters. The Morgan fingerprint density at radius 1 is 1.77 bits per heavy atom. The van der Waals surface area contributed by atoms with Gasteiger partial charge in [0.05, 0.1) is 0 Å². The van der Waals surface area contributed by atoms with Crippen LogP contribution in [0.15, 0.2) is 12.4 Å². The average molecular weight is 178 g/mol. The fraction of sp³-hybridized carbons (Fsp3) is 0.556. The summed E-state index contributed by atoms with van der Waals surface area (Å²) >= 11 is 0. The molecule has 0 aliphatic carbocycles. The summed E-state index contributed by atoms with van der Waals surface area (Å²) in [5.41, 5.74) is 0. The maximum Gasteiger partial charge on any atom is 0.212 e. The van der Waals surface area contributed by atoms with E-state index in [1.807, 2.05) is 17.8 Å². The molecule has 1 unspecified atom stereocenters. The number of hydrogen-bond donors (Lipinski definition) is 1. The molecule has 4 heteroatoms. The summed E-state index contributed by atoms with van der Waals surface area (Å²) in [5, 5.41) is 11.8. The predicted molar refractivity (Wildman–Crippen MR) is 50.0 cm³/mol. The van der Waals surface area contributed by atoms with Gasteiger partial charge in [-0.3, -0.25) is 0 Å². The lowest BCUT2D eigenvalue weighted by atomic mass is 10.2. The van der Waals surface area contributed by atoms with Crippen LogP contribution < -0.4 is 5.32 Å². The summed E-state index contributed by atoms with van der Waals surface area (Å²) in [6.45, 7) is 3.92. The molecule has 1 aromatic rings. The second-order valence-corrected chi connectivity index (χ2v) is 3.18. The first kappa shape index (κ1) is 9.75. The van der Waals surface area contributed by atoms with Crippen molar-refractivity contribution in [2.45, 2.75) is 13.5 Å². The van der Waals surface area contributed by atoms with Gasteiger partial charge >= 0.3 is 0 Å². The third-order valence-electron chi connectivity index (χ3n) is 1.88. The number of hydrogen-bond acceptors (Lipinski definition) is 3. The van der Waals surface area contributed by atoms with Crippen molar-refractivity contribution >= 4 is 0 Å². The van der Waals surface area contributed by atoms with Crippen molar-refractivity contribution in [3.05, 3.63) is 18.2 Å². The molecular weight excluding hydrogens is 164 g/mol. The third kappa shape index (κ3) is 2.56. The summed E-state index contributed by atoms with van der Waals surface area (Å²) in [6, 6.07) is 2.05. The average Bonchev–Trinajstić information content (AvgIpc) is 2.52. The Hall–Kier alpha value is -1.34. The Labute approximate surface area is 78.2 Å². The summed E-state index contributed by atoms with van der Waals surface area (Å²) in [6.07, 6.45) is 3.50. The van der Waals surface area contributed by atoms with Crippen LogP contribution in [0.4, 0.5) is 0 Å². The number of nitriles is 1. The molecule has 0 aromatic carbocycles. The fourth-order valence-corrected chi connectivity index (χ4v) is 1.32. The maximum absolute atomic E-state index is 8.70. The lowest BCUT2D eigenvalue weighted by Gasteiger charge is -2.11. The number of nitrogens with one attached hydrogen (secondary N) is 1. The third-order valence-corrected chi connectivity index (χ3v) is 1.88.